The van der Waals surface area contributed by atoms with Crippen molar-refractivity contribution < 1.29 is 47.5 Å². The Balaban J connectivity index is 0.000000174. The van der Waals surface area contributed by atoms with E-state index in [2.05, 4.69) is 10.3 Å². The Bertz CT molecular complexity index is 2280. The van der Waals surface area contributed by atoms with E-state index < -0.39 is 12.2 Å². The van der Waals surface area contributed by atoms with Gasteiger partial charge >= 0.3 is 6.09 Å². The maximum absolute atomic E-state index is 12.3. The Morgan fingerprint density at radius 3 is 1.70 bits per heavy atom. The van der Waals surface area contributed by atoms with E-state index in [0.717, 1.165) is 44.6 Å². The highest BCUT2D eigenvalue weighted by molar-refractivity contribution is 6.03. The minimum Gasteiger partial charge on any atom is -0.493 e. The van der Waals surface area contributed by atoms with Crippen LogP contribution < -0.4 is 33.7 Å². The monoisotopic (exact) mass is 730 g/mol. The van der Waals surface area contributed by atoms with Gasteiger partial charge in [0, 0.05) is 27.5 Å². The minimum absolute atomic E-state index is 0.481. The van der Waals surface area contributed by atoms with Gasteiger partial charge in [0.15, 0.2) is 29.1 Å². The zero-order chi connectivity index (χ0) is 38.6. The number of benzene rings is 6. The quantitative estimate of drug-likeness (QED) is 0.0872. The first-order valence-electron chi connectivity index (χ1n) is 16.4. The molecule has 54 heavy (non-hydrogen) atoms. The van der Waals surface area contributed by atoms with E-state index in [1.807, 2.05) is 72.8 Å². The van der Waals surface area contributed by atoms with Gasteiger partial charge in [0.2, 0.25) is 17.6 Å². The van der Waals surface area contributed by atoms with E-state index in [9.17, 15) is 14.4 Å². The number of carbonyl (C=O) groups excluding carboxylic acids is 3. The molecule has 1 unspecified atom stereocenters. The number of amides is 1. The summed E-state index contributed by atoms with van der Waals surface area (Å²) >= 11 is 0. The van der Waals surface area contributed by atoms with Gasteiger partial charge in [-0.2, -0.15) is 4.99 Å². The molecule has 0 bridgehead atoms. The van der Waals surface area contributed by atoms with E-state index in [4.69, 9.17) is 33.2 Å². The largest absolute Gasteiger partial charge is 0.493 e. The summed E-state index contributed by atoms with van der Waals surface area (Å²) in [6.45, 7) is 0. The first kappa shape index (κ1) is 38.2. The summed E-state index contributed by atoms with van der Waals surface area (Å²) in [4.78, 5) is 36.6. The van der Waals surface area contributed by atoms with Crippen molar-refractivity contribution in [2.75, 3.05) is 48.0 Å². The van der Waals surface area contributed by atoms with Gasteiger partial charge in [0.05, 0.1) is 54.0 Å². The second kappa shape index (κ2) is 17.9. The highest BCUT2D eigenvalue weighted by Crippen LogP contribution is 2.45. The fraction of sp³-hybridized carbons (Fsp3) is 0.167. The number of nitrogens with one attached hydrogen (secondary N) is 1. The number of methoxy groups -OCH3 is 6. The maximum atomic E-state index is 12.3. The third-order valence-electron chi connectivity index (χ3n) is 8.44. The lowest BCUT2D eigenvalue weighted by molar-refractivity contribution is 0.112. The second-order valence-electron chi connectivity index (χ2n) is 11.4. The lowest BCUT2D eigenvalue weighted by atomic mass is 9.94. The van der Waals surface area contributed by atoms with Crippen molar-refractivity contribution in [2.45, 2.75) is 6.10 Å². The summed E-state index contributed by atoms with van der Waals surface area (Å²) in [6.07, 6.45) is 1.18. The second-order valence-corrected chi connectivity index (χ2v) is 11.4. The third kappa shape index (κ3) is 8.20. The molecule has 1 aliphatic rings. The first-order chi connectivity index (χ1) is 26.3. The van der Waals surface area contributed by atoms with E-state index >= 15 is 0 Å². The molecule has 0 saturated heterocycles. The summed E-state index contributed by atoms with van der Waals surface area (Å²) in [5, 5.41) is 6.90. The average Bonchev–Trinajstić information content (AvgIpc) is 3.22. The normalized spacial score (nSPS) is 12.5. The number of carbonyl (C=O) groups is 2. The molecule has 1 heterocycles. The molecule has 1 amide bonds. The molecule has 12 heteroatoms. The van der Waals surface area contributed by atoms with Crippen molar-refractivity contribution >= 4 is 51.4 Å². The van der Waals surface area contributed by atoms with Crippen molar-refractivity contribution in [1.29, 1.82) is 0 Å². The summed E-state index contributed by atoms with van der Waals surface area (Å²) in [5.41, 5.74) is 3.51. The minimum atomic E-state index is -0.591. The van der Waals surface area contributed by atoms with Crippen molar-refractivity contribution in [2.24, 2.45) is 4.99 Å². The number of ether oxygens (including phenoxy) is 7. The Morgan fingerprint density at radius 2 is 1.17 bits per heavy atom. The predicted octanol–water partition coefficient (Wildman–Crippen LogP) is 8.85. The molecule has 0 aromatic heterocycles. The van der Waals surface area contributed by atoms with Gasteiger partial charge in [0.25, 0.3) is 0 Å². The molecular weight excluding hydrogens is 692 g/mol. The molecule has 1 atom stereocenters. The highest BCUT2D eigenvalue weighted by Gasteiger charge is 2.31. The number of hydrogen-bond donors (Lipinski definition) is 1. The number of isocyanates is 1. The van der Waals surface area contributed by atoms with Gasteiger partial charge < -0.3 is 33.2 Å². The van der Waals surface area contributed by atoms with Crippen molar-refractivity contribution in [1.82, 2.24) is 0 Å². The molecule has 7 rings (SSSR count). The average molecular weight is 731 g/mol. The van der Waals surface area contributed by atoms with Crippen molar-refractivity contribution in [3.05, 3.63) is 120 Å². The van der Waals surface area contributed by atoms with Gasteiger partial charge in [0.1, 0.15) is 6.29 Å². The molecule has 0 saturated carbocycles. The third-order valence-corrected chi connectivity index (χ3v) is 8.44. The summed E-state index contributed by atoms with van der Waals surface area (Å²) in [6, 6.07) is 32.1. The van der Waals surface area contributed by atoms with Crippen molar-refractivity contribution in [3.8, 4) is 34.5 Å². The van der Waals surface area contributed by atoms with Crippen LogP contribution in [-0.2, 0) is 9.53 Å². The van der Waals surface area contributed by atoms with Gasteiger partial charge in [-0.15, -0.1) is 0 Å². The predicted molar refractivity (Wildman–Crippen MR) is 205 cm³/mol. The standard InChI is InChI=1S/C21H19NO5.C11H7NO.C10H12O4/c1-24-16-10-13(11-17(25-2)20(16)26-3)19-15-9-8-12-6-4-5-7-14(12)18(15)22-21(23)27-19;13-8-12-11-7-3-5-9-4-1-2-6-10(9)11;1-12-8-4-7(6-11)5-9(13-2)10(8)14-3/h4-11,19H,1-3H3,(H,22,23);1-7H;4-6H,1-3H3. The summed E-state index contributed by atoms with van der Waals surface area (Å²) in [7, 11) is 9.18. The fourth-order valence-electron chi connectivity index (χ4n) is 5.97. The molecular formula is C42H38N2O10. The lowest BCUT2D eigenvalue weighted by Crippen LogP contribution is -2.25. The first-order valence-corrected chi connectivity index (χ1v) is 16.4. The van der Waals surface area contributed by atoms with Gasteiger partial charge in [-0.1, -0.05) is 72.8 Å². The van der Waals surface area contributed by atoms with Crippen LogP contribution in [0.25, 0.3) is 21.5 Å². The molecule has 6 aromatic carbocycles. The molecule has 12 nitrogen and oxygen atoms in total. The van der Waals surface area contributed by atoms with Crippen LogP contribution in [-0.4, -0.2) is 61.1 Å². The number of hydrogen-bond acceptors (Lipinski definition) is 11. The molecule has 276 valence electrons. The Labute approximate surface area is 311 Å². The highest BCUT2D eigenvalue weighted by atomic mass is 16.6. The van der Waals surface area contributed by atoms with Gasteiger partial charge in [-0.3, -0.25) is 10.1 Å². The molecule has 0 spiro atoms. The zero-order valence-corrected chi connectivity index (χ0v) is 30.5. The Morgan fingerprint density at radius 1 is 0.648 bits per heavy atom. The van der Waals surface area contributed by atoms with Gasteiger partial charge in [-0.05, 0) is 41.1 Å². The Hall–Kier alpha value is -7.04. The summed E-state index contributed by atoms with van der Waals surface area (Å²) < 4.78 is 37.1. The van der Waals surface area contributed by atoms with Crippen LogP contribution in [0, 0.1) is 0 Å². The zero-order valence-electron chi connectivity index (χ0n) is 30.5. The van der Waals surface area contributed by atoms with E-state index in [0.29, 0.717) is 45.7 Å². The van der Waals surface area contributed by atoms with Gasteiger partial charge in [-0.25, -0.2) is 9.59 Å². The molecule has 0 fully saturated rings. The van der Waals surface area contributed by atoms with Crippen LogP contribution in [0.15, 0.2) is 108 Å². The van der Waals surface area contributed by atoms with Crippen LogP contribution in [0.2, 0.25) is 0 Å². The molecule has 0 aliphatic carbocycles. The Kier molecular flexibility index (Phi) is 12.7. The van der Waals surface area contributed by atoms with Crippen LogP contribution >= 0.6 is 0 Å². The van der Waals surface area contributed by atoms with Crippen LogP contribution in [0.5, 0.6) is 34.5 Å². The smallest absolute Gasteiger partial charge is 0.412 e. The van der Waals surface area contributed by atoms with E-state index in [1.54, 1.807) is 57.7 Å². The SMILES string of the molecule is COc1cc(C2OC(=O)Nc3c2ccc2ccccc32)cc(OC)c1OC.COc1cc(C=O)cc(OC)c1OC.O=C=Nc1cccc2ccccc12. The molecule has 1 N–H and O–H groups in total. The number of rotatable bonds is 9. The molecule has 0 radical (unpaired) electrons. The summed E-state index contributed by atoms with van der Waals surface area (Å²) in [5.74, 6) is 2.94. The number of aldehydes is 1. The van der Waals surface area contributed by atoms with Crippen molar-refractivity contribution in [3.63, 3.8) is 0 Å². The number of cyclic esters (lactones) is 1. The maximum Gasteiger partial charge on any atom is 0.412 e. The van der Waals surface area contributed by atoms with E-state index in [1.165, 1.54) is 21.3 Å². The number of fused-ring (bicyclic) bond motifs is 4. The fourth-order valence-corrected chi connectivity index (χ4v) is 5.97. The van der Waals surface area contributed by atoms with Crippen LogP contribution in [0.3, 0.4) is 0 Å². The number of anilines is 1. The number of aliphatic imine (C=N–C) groups is 1. The molecule has 6 aromatic rings. The molecule has 1 aliphatic heterocycles. The van der Waals surface area contributed by atoms with Crippen LogP contribution in [0.1, 0.15) is 27.6 Å². The lowest BCUT2D eigenvalue weighted by Gasteiger charge is -2.28. The van der Waals surface area contributed by atoms with E-state index in [-0.39, 0.29) is 0 Å². The number of nitrogens with zero attached hydrogens (tertiary/aromatic N) is 1. The topological polar surface area (TPSA) is 140 Å². The van der Waals surface area contributed by atoms with Crippen LogP contribution in [0.4, 0.5) is 16.2 Å².